The fourth-order valence-corrected chi connectivity index (χ4v) is 1.41. The van der Waals surface area contributed by atoms with Crippen LogP contribution in [0.15, 0.2) is 35.5 Å². The summed E-state index contributed by atoms with van der Waals surface area (Å²) in [5.74, 6) is 0.635. The zero-order valence-electron chi connectivity index (χ0n) is 8.64. The van der Waals surface area contributed by atoms with Crippen molar-refractivity contribution < 1.29 is 5.21 Å². The lowest BCUT2D eigenvalue weighted by molar-refractivity contribution is 0.304. The van der Waals surface area contributed by atoms with Gasteiger partial charge in [0.05, 0.1) is 0 Å². The molecular formula is C11H16N2O. The molecule has 3 nitrogen and oxygen atoms in total. The van der Waals surface area contributed by atoms with Crippen molar-refractivity contribution in [1.82, 2.24) is 4.90 Å². The predicted molar refractivity (Wildman–Crippen MR) is 57.7 cm³/mol. The smallest absolute Gasteiger partial charge is 0.175 e. The first kappa shape index (κ1) is 10.6. The third-order valence-electron chi connectivity index (χ3n) is 2.19. The van der Waals surface area contributed by atoms with E-state index in [0.29, 0.717) is 5.84 Å². The van der Waals surface area contributed by atoms with Gasteiger partial charge in [-0.2, -0.15) is 0 Å². The van der Waals surface area contributed by atoms with E-state index in [4.69, 9.17) is 5.21 Å². The topological polar surface area (TPSA) is 35.8 Å². The lowest BCUT2D eigenvalue weighted by Gasteiger charge is -2.21. The van der Waals surface area contributed by atoms with Crippen molar-refractivity contribution in [3.05, 3.63) is 35.9 Å². The van der Waals surface area contributed by atoms with Crippen LogP contribution in [0.4, 0.5) is 0 Å². The van der Waals surface area contributed by atoms with E-state index < -0.39 is 0 Å². The molecular weight excluding hydrogens is 176 g/mol. The van der Waals surface area contributed by atoms with Gasteiger partial charge in [-0.1, -0.05) is 35.5 Å². The molecule has 0 spiro atoms. The Kier molecular flexibility index (Phi) is 3.98. The Balaban J connectivity index is 2.94. The van der Waals surface area contributed by atoms with Crippen LogP contribution in [0.1, 0.15) is 19.4 Å². The first-order valence-electron chi connectivity index (χ1n) is 4.85. The maximum absolute atomic E-state index is 8.96. The maximum atomic E-state index is 8.96. The molecule has 0 aliphatic heterocycles. The summed E-state index contributed by atoms with van der Waals surface area (Å²) in [5, 5.41) is 12.3. The van der Waals surface area contributed by atoms with Gasteiger partial charge in [0, 0.05) is 18.7 Å². The average Bonchev–Trinajstić information content (AvgIpc) is 2.27. The van der Waals surface area contributed by atoms with Gasteiger partial charge < -0.3 is 10.1 Å². The SMILES string of the molecule is CCN(CC)/C(=N/O)c1ccccc1. The average molecular weight is 192 g/mol. The van der Waals surface area contributed by atoms with Crippen molar-refractivity contribution in [2.45, 2.75) is 13.8 Å². The molecule has 1 aromatic carbocycles. The maximum Gasteiger partial charge on any atom is 0.175 e. The van der Waals surface area contributed by atoms with Crippen LogP contribution < -0.4 is 0 Å². The normalized spacial score (nSPS) is 11.4. The van der Waals surface area contributed by atoms with Crippen LogP contribution >= 0.6 is 0 Å². The van der Waals surface area contributed by atoms with Crippen molar-refractivity contribution >= 4 is 5.84 Å². The van der Waals surface area contributed by atoms with Crippen LogP contribution in [-0.2, 0) is 0 Å². The van der Waals surface area contributed by atoms with Crippen LogP contribution in [0.2, 0.25) is 0 Å². The molecule has 14 heavy (non-hydrogen) atoms. The Morgan fingerprint density at radius 3 is 2.21 bits per heavy atom. The highest BCUT2D eigenvalue weighted by molar-refractivity contribution is 5.98. The lowest BCUT2D eigenvalue weighted by atomic mass is 10.2. The zero-order chi connectivity index (χ0) is 10.4. The molecule has 76 valence electrons. The monoisotopic (exact) mass is 192 g/mol. The van der Waals surface area contributed by atoms with Crippen molar-refractivity contribution in [3.8, 4) is 0 Å². The summed E-state index contributed by atoms with van der Waals surface area (Å²) in [4.78, 5) is 2.01. The highest BCUT2D eigenvalue weighted by atomic mass is 16.4. The second-order valence-corrected chi connectivity index (χ2v) is 2.96. The number of benzene rings is 1. The molecule has 0 saturated heterocycles. The van der Waals surface area contributed by atoms with Gasteiger partial charge in [-0.05, 0) is 13.8 Å². The first-order chi connectivity index (χ1) is 6.83. The predicted octanol–water partition coefficient (Wildman–Crippen LogP) is 2.16. The van der Waals surface area contributed by atoms with Crippen molar-refractivity contribution in [2.75, 3.05) is 13.1 Å². The standard InChI is InChI=1S/C11H16N2O/c1-3-13(4-2)11(12-14)10-8-6-5-7-9-10/h5-9,14H,3-4H2,1-2H3/b12-11+. The number of hydrogen-bond donors (Lipinski definition) is 1. The fourth-order valence-electron chi connectivity index (χ4n) is 1.41. The molecule has 0 bridgehead atoms. The summed E-state index contributed by atoms with van der Waals surface area (Å²) in [7, 11) is 0. The molecule has 0 saturated carbocycles. The van der Waals surface area contributed by atoms with E-state index in [1.165, 1.54) is 0 Å². The molecule has 3 heteroatoms. The molecule has 1 aromatic rings. The van der Waals surface area contributed by atoms with Crippen LogP contribution in [0.3, 0.4) is 0 Å². The Bertz CT molecular complexity index is 291. The molecule has 0 aliphatic rings. The molecule has 0 aliphatic carbocycles. The van der Waals surface area contributed by atoms with Crippen molar-refractivity contribution in [2.24, 2.45) is 5.16 Å². The lowest BCUT2D eigenvalue weighted by Crippen LogP contribution is -2.31. The number of hydrogen-bond acceptors (Lipinski definition) is 2. The first-order valence-corrected chi connectivity index (χ1v) is 4.85. The minimum Gasteiger partial charge on any atom is -0.409 e. The van der Waals surface area contributed by atoms with Gasteiger partial charge in [0.1, 0.15) is 0 Å². The minimum atomic E-state index is 0.635. The van der Waals surface area contributed by atoms with Crippen LogP contribution in [-0.4, -0.2) is 29.0 Å². The summed E-state index contributed by atoms with van der Waals surface area (Å²) in [6.07, 6.45) is 0. The molecule has 0 atom stereocenters. The Morgan fingerprint density at radius 2 is 1.79 bits per heavy atom. The summed E-state index contributed by atoms with van der Waals surface area (Å²) in [6.45, 7) is 5.75. The van der Waals surface area contributed by atoms with Crippen molar-refractivity contribution in [1.29, 1.82) is 0 Å². The largest absolute Gasteiger partial charge is 0.409 e. The number of nitrogens with zero attached hydrogens (tertiary/aromatic N) is 2. The molecule has 0 aromatic heterocycles. The molecule has 0 heterocycles. The van der Waals surface area contributed by atoms with Gasteiger partial charge in [0.2, 0.25) is 0 Å². The number of rotatable bonds is 3. The van der Waals surface area contributed by atoms with Crippen LogP contribution in [0.5, 0.6) is 0 Å². The highest BCUT2D eigenvalue weighted by Crippen LogP contribution is 2.05. The van der Waals surface area contributed by atoms with Gasteiger partial charge >= 0.3 is 0 Å². The van der Waals surface area contributed by atoms with E-state index in [1.54, 1.807) is 0 Å². The van der Waals surface area contributed by atoms with E-state index in [0.717, 1.165) is 18.7 Å². The Morgan fingerprint density at radius 1 is 1.21 bits per heavy atom. The van der Waals surface area contributed by atoms with Crippen molar-refractivity contribution in [3.63, 3.8) is 0 Å². The second-order valence-electron chi connectivity index (χ2n) is 2.96. The Hall–Kier alpha value is -1.51. The zero-order valence-corrected chi connectivity index (χ0v) is 8.64. The van der Waals surface area contributed by atoms with Crippen LogP contribution in [0.25, 0.3) is 0 Å². The van der Waals surface area contributed by atoms with Gasteiger partial charge in [0.25, 0.3) is 0 Å². The van der Waals surface area contributed by atoms with Gasteiger partial charge in [-0.25, -0.2) is 0 Å². The molecule has 0 amide bonds. The summed E-state index contributed by atoms with van der Waals surface area (Å²) in [5.41, 5.74) is 0.943. The van der Waals surface area contributed by atoms with Gasteiger partial charge in [-0.3, -0.25) is 0 Å². The molecule has 0 unspecified atom stereocenters. The summed E-state index contributed by atoms with van der Waals surface area (Å²) in [6, 6.07) is 9.69. The van der Waals surface area contributed by atoms with Crippen LogP contribution in [0, 0.1) is 0 Å². The second kappa shape index (κ2) is 5.27. The quantitative estimate of drug-likeness (QED) is 0.345. The third kappa shape index (κ3) is 2.25. The summed E-state index contributed by atoms with van der Waals surface area (Å²) >= 11 is 0. The van der Waals surface area contributed by atoms with Gasteiger partial charge in [-0.15, -0.1) is 0 Å². The molecule has 1 rings (SSSR count). The van der Waals surface area contributed by atoms with E-state index in [-0.39, 0.29) is 0 Å². The highest BCUT2D eigenvalue weighted by Gasteiger charge is 2.09. The van der Waals surface area contributed by atoms with E-state index in [9.17, 15) is 0 Å². The Labute approximate surface area is 84.7 Å². The third-order valence-corrected chi connectivity index (χ3v) is 2.19. The molecule has 0 radical (unpaired) electrons. The molecule has 0 fully saturated rings. The number of oxime groups is 1. The fraction of sp³-hybridized carbons (Fsp3) is 0.364. The summed E-state index contributed by atoms with van der Waals surface area (Å²) < 4.78 is 0. The molecule has 1 N–H and O–H groups in total. The van der Waals surface area contributed by atoms with E-state index in [2.05, 4.69) is 5.16 Å². The van der Waals surface area contributed by atoms with E-state index >= 15 is 0 Å². The minimum absolute atomic E-state index is 0.635. The van der Waals surface area contributed by atoms with Gasteiger partial charge in [0.15, 0.2) is 5.84 Å². The van der Waals surface area contributed by atoms with E-state index in [1.807, 2.05) is 49.1 Å². The number of amidine groups is 1.